The van der Waals surface area contributed by atoms with Gasteiger partial charge >= 0.3 is 0 Å². The molecule has 110 valence electrons. The van der Waals surface area contributed by atoms with Crippen LogP contribution < -0.4 is 5.32 Å². The average Bonchev–Trinajstić information content (AvgIpc) is 2.42. The van der Waals surface area contributed by atoms with Crippen LogP contribution in [-0.2, 0) is 6.54 Å². The maximum Gasteiger partial charge on any atom is 0.273 e. The van der Waals surface area contributed by atoms with E-state index in [0.717, 1.165) is 18.2 Å². The molecule has 1 N–H and O–H groups in total. The lowest BCUT2D eigenvalue weighted by Gasteiger charge is -2.11. The van der Waals surface area contributed by atoms with Crippen molar-refractivity contribution in [1.29, 1.82) is 0 Å². The van der Waals surface area contributed by atoms with Gasteiger partial charge in [-0.25, -0.2) is 8.78 Å². The zero-order valence-electron chi connectivity index (χ0n) is 11.0. The van der Waals surface area contributed by atoms with Crippen LogP contribution in [0.2, 0.25) is 0 Å². The molecule has 2 rings (SSSR count). The quantitative estimate of drug-likeness (QED) is 0.645. The molecule has 21 heavy (non-hydrogen) atoms. The predicted molar refractivity (Wildman–Crippen MR) is 79.2 cm³/mol. The van der Waals surface area contributed by atoms with Gasteiger partial charge in [-0.2, -0.15) is 0 Å². The van der Waals surface area contributed by atoms with Gasteiger partial charge in [0, 0.05) is 33.9 Å². The molecule has 0 spiro atoms. The highest BCUT2D eigenvalue weighted by Gasteiger charge is 2.14. The third kappa shape index (κ3) is 3.55. The van der Waals surface area contributed by atoms with Gasteiger partial charge < -0.3 is 5.32 Å². The highest BCUT2D eigenvalue weighted by atomic mass is 79.9. The number of nitrogens with zero attached hydrogens (tertiary/aromatic N) is 1. The number of rotatable bonds is 4. The van der Waals surface area contributed by atoms with E-state index >= 15 is 0 Å². The molecule has 4 nitrogen and oxygen atoms in total. The van der Waals surface area contributed by atoms with Gasteiger partial charge in [-0.3, -0.25) is 10.1 Å². The zero-order chi connectivity index (χ0) is 15.6. The first-order chi connectivity index (χ1) is 9.88. The maximum atomic E-state index is 13.5. The monoisotopic (exact) mass is 356 g/mol. The molecule has 0 fully saturated rings. The highest BCUT2D eigenvalue weighted by Crippen LogP contribution is 2.31. The van der Waals surface area contributed by atoms with Crippen molar-refractivity contribution in [2.24, 2.45) is 0 Å². The number of hydrogen-bond donors (Lipinski definition) is 1. The van der Waals surface area contributed by atoms with E-state index in [1.165, 1.54) is 6.07 Å². The van der Waals surface area contributed by atoms with Crippen LogP contribution in [-0.4, -0.2) is 4.92 Å². The van der Waals surface area contributed by atoms with Crippen LogP contribution in [0.1, 0.15) is 11.1 Å². The number of nitrogens with one attached hydrogen (secondary N) is 1. The predicted octanol–water partition coefficient (Wildman–Crippen LogP) is 4.56. The largest absolute Gasteiger partial charge is 0.380 e. The van der Waals surface area contributed by atoms with Crippen LogP contribution in [0.25, 0.3) is 0 Å². The van der Waals surface area contributed by atoms with Gasteiger partial charge in [-0.05, 0) is 47.1 Å². The van der Waals surface area contributed by atoms with E-state index in [-0.39, 0.29) is 17.8 Å². The first-order valence-electron chi connectivity index (χ1n) is 6.01. The van der Waals surface area contributed by atoms with Crippen LogP contribution in [0, 0.1) is 28.7 Å². The van der Waals surface area contributed by atoms with Gasteiger partial charge in [0.1, 0.15) is 11.6 Å². The second-order valence-corrected chi connectivity index (χ2v) is 5.32. The lowest BCUT2D eigenvalue weighted by Crippen LogP contribution is -2.04. The van der Waals surface area contributed by atoms with Crippen molar-refractivity contribution in [3.63, 3.8) is 0 Å². The molecule has 0 saturated heterocycles. The Morgan fingerprint density at radius 2 is 2.00 bits per heavy atom. The van der Waals surface area contributed by atoms with Crippen LogP contribution in [0.4, 0.5) is 20.2 Å². The van der Waals surface area contributed by atoms with E-state index in [2.05, 4.69) is 21.2 Å². The molecule has 0 bridgehead atoms. The first-order valence-corrected chi connectivity index (χ1v) is 6.80. The normalized spacial score (nSPS) is 10.5. The molecule has 7 heteroatoms. The first kappa shape index (κ1) is 15.4. The molecule has 0 atom stereocenters. The fourth-order valence-corrected chi connectivity index (χ4v) is 2.34. The molecule has 0 radical (unpaired) electrons. The second kappa shape index (κ2) is 6.17. The van der Waals surface area contributed by atoms with Crippen molar-refractivity contribution in [1.82, 2.24) is 0 Å². The van der Waals surface area contributed by atoms with E-state index in [9.17, 15) is 18.9 Å². The Morgan fingerprint density at radius 3 is 2.67 bits per heavy atom. The Morgan fingerprint density at radius 1 is 1.29 bits per heavy atom. The second-order valence-electron chi connectivity index (χ2n) is 4.46. The molecule has 0 aliphatic carbocycles. The molecular formula is C14H11BrF2N2O2. The van der Waals surface area contributed by atoms with Gasteiger partial charge in [0.05, 0.1) is 4.92 Å². The molecule has 2 aromatic carbocycles. The summed E-state index contributed by atoms with van der Waals surface area (Å²) in [6.45, 7) is 1.68. The summed E-state index contributed by atoms with van der Waals surface area (Å²) in [5.41, 5.74) is 1.22. The average molecular weight is 357 g/mol. The Balaban J connectivity index is 2.22. The van der Waals surface area contributed by atoms with Crippen molar-refractivity contribution in [3.05, 3.63) is 67.7 Å². The fourth-order valence-electron chi connectivity index (χ4n) is 1.87. The summed E-state index contributed by atoms with van der Waals surface area (Å²) in [6, 6.07) is 6.17. The number of anilines is 1. The number of benzene rings is 2. The summed E-state index contributed by atoms with van der Waals surface area (Å²) in [5, 5.41) is 13.7. The standard InChI is InChI=1S/C14H11BrF2N2O2/c1-8-4-13(11(15)6-14(8)19(20)21)18-7-9-5-10(16)2-3-12(9)17/h2-6,18H,7H2,1H3. The van der Waals surface area contributed by atoms with Gasteiger partial charge in [-0.1, -0.05) is 0 Å². The Bertz CT molecular complexity index is 708. The third-order valence-corrected chi connectivity index (χ3v) is 3.62. The minimum absolute atomic E-state index is 0.00985. The van der Waals surface area contributed by atoms with Gasteiger partial charge in [0.2, 0.25) is 0 Å². The smallest absolute Gasteiger partial charge is 0.273 e. The van der Waals surface area contributed by atoms with Crippen molar-refractivity contribution in [2.45, 2.75) is 13.5 Å². The molecule has 0 heterocycles. The van der Waals surface area contributed by atoms with Gasteiger partial charge in [0.25, 0.3) is 5.69 Å². The number of aryl methyl sites for hydroxylation is 1. The highest BCUT2D eigenvalue weighted by molar-refractivity contribution is 9.10. The van der Waals surface area contributed by atoms with E-state index in [1.807, 2.05) is 0 Å². The Labute approximate surface area is 128 Å². The lowest BCUT2D eigenvalue weighted by molar-refractivity contribution is -0.385. The Kier molecular flexibility index (Phi) is 4.52. The number of hydrogen-bond acceptors (Lipinski definition) is 3. The summed E-state index contributed by atoms with van der Waals surface area (Å²) in [6.07, 6.45) is 0. The molecule has 0 aliphatic rings. The summed E-state index contributed by atoms with van der Waals surface area (Å²) in [7, 11) is 0. The van der Waals surface area contributed by atoms with E-state index < -0.39 is 16.6 Å². The molecule has 0 saturated carbocycles. The molecule has 0 amide bonds. The minimum atomic E-state index is -0.521. The number of nitro benzene ring substituents is 1. The maximum absolute atomic E-state index is 13.5. The van der Waals surface area contributed by atoms with Crippen LogP contribution in [0.5, 0.6) is 0 Å². The lowest BCUT2D eigenvalue weighted by atomic mass is 10.1. The number of halogens is 3. The summed E-state index contributed by atoms with van der Waals surface area (Å²) >= 11 is 3.22. The zero-order valence-corrected chi connectivity index (χ0v) is 12.6. The van der Waals surface area contributed by atoms with E-state index in [0.29, 0.717) is 15.7 Å². The summed E-state index contributed by atoms with van der Waals surface area (Å²) < 4.78 is 27.1. The topological polar surface area (TPSA) is 55.2 Å². The minimum Gasteiger partial charge on any atom is -0.380 e. The van der Waals surface area contributed by atoms with E-state index in [4.69, 9.17) is 0 Å². The molecule has 0 aliphatic heterocycles. The summed E-state index contributed by atoms with van der Waals surface area (Å²) in [5.74, 6) is -1.04. The van der Waals surface area contributed by atoms with Gasteiger partial charge in [0.15, 0.2) is 0 Å². The third-order valence-electron chi connectivity index (χ3n) is 2.96. The number of nitro groups is 1. The molecule has 0 aromatic heterocycles. The molecule has 2 aromatic rings. The van der Waals surface area contributed by atoms with Crippen molar-refractivity contribution in [2.75, 3.05) is 5.32 Å². The van der Waals surface area contributed by atoms with Crippen molar-refractivity contribution in [3.8, 4) is 0 Å². The fraction of sp³-hybridized carbons (Fsp3) is 0.143. The van der Waals surface area contributed by atoms with Gasteiger partial charge in [-0.15, -0.1) is 0 Å². The van der Waals surface area contributed by atoms with E-state index in [1.54, 1.807) is 13.0 Å². The van der Waals surface area contributed by atoms with Crippen LogP contribution in [0.3, 0.4) is 0 Å². The summed E-state index contributed by atoms with van der Waals surface area (Å²) in [4.78, 5) is 10.3. The molecular weight excluding hydrogens is 346 g/mol. The Hall–Kier alpha value is -2.02. The van der Waals surface area contributed by atoms with Crippen molar-refractivity contribution < 1.29 is 13.7 Å². The van der Waals surface area contributed by atoms with Crippen molar-refractivity contribution >= 4 is 27.3 Å². The van der Waals surface area contributed by atoms with Crippen LogP contribution in [0.15, 0.2) is 34.8 Å². The molecule has 0 unspecified atom stereocenters. The van der Waals surface area contributed by atoms with Crippen LogP contribution >= 0.6 is 15.9 Å². The SMILES string of the molecule is Cc1cc(NCc2cc(F)ccc2F)c(Br)cc1[N+](=O)[O-].